The zero-order valence-corrected chi connectivity index (χ0v) is 18.3. The van der Waals surface area contributed by atoms with Crippen molar-refractivity contribution in [3.8, 4) is 0 Å². The van der Waals surface area contributed by atoms with Crippen LogP contribution in [-0.4, -0.2) is 64.2 Å². The van der Waals surface area contributed by atoms with Gasteiger partial charge in [-0.15, -0.1) is 0 Å². The molecule has 1 aromatic rings. The minimum Gasteiger partial charge on any atom is -0.383 e. The molecule has 3 fully saturated rings. The van der Waals surface area contributed by atoms with Gasteiger partial charge < -0.3 is 20.9 Å². The summed E-state index contributed by atoms with van der Waals surface area (Å²) < 4.78 is 0. The normalized spacial score (nSPS) is 21.5. The van der Waals surface area contributed by atoms with Crippen LogP contribution in [0.4, 0.5) is 5.82 Å². The number of nitrogens with zero attached hydrogens (tertiary/aromatic N) is 3. The quantitative estimate of drug-likeness (QED) is 0.748. The van der Waals surface area contributed by atoms with Crippen LogP contribution >= 0.6 is 0 Å². The number of carbonyl (C=O) groups excluding carboxylic acids is 3. The second-order valence-corrected chi connectivity index (χ2v) is 9.09. The Bertz CT molecular complexity index is 844. The first-order chi connectivity index (χ1) is 14.9. The highest BCUT2D eigenvalue weighted by atomic mass is 16.2. The van der Waals surface area contributed by atoms with Gasteiger partial charge in [-0.2, -0.15) is 0 Å². The summed E-state index contributed by atoms with van der Waals surface area (Å²) >= 11 is 0. The third kappa shape index (κ3) is 4.67. The van der Waals surface area contributed by atoms with Crippen LogP contribution < -0.4 is 11.1 Å². The molecule has 1 aromatic heterocycles. The van der Waals surface area contributed by atoms with E-state index in [9.17, 15) is 14.4 Å². The fraction of sp³-hybridized carbons (Fsp3) is 0.652. The summed E-state index contributed by atoms with van der Waals surface area (Å²) in [5.74, 6) is 0.441. The minimum atomic E-state index is -0.391. The molecule has 8 heteroatoms. The molecule has 3 aliphatic rings. The van der Waals surface area contributed by atoms with Gasteiger partial charge in [0.25, 0.3) is 5.91 Å². The van der Waals surface area contributed by atoms with Crippen LogP contribution in [-0.2, 0) is 9.59 Å². The fourth-order valence-electron chi connectivity index (χ4n) is 5.12. The van der Waals surface area contributed by atoms with Gasteiger partial charge in [0, 0.05) is 43.7 Å². The number of piperidine rings is 1. The lowest BCUT2D eigenvalue weighted by Gasteiger charge is -2.35. The van der Waals surface area contributed by atoms with Crippen LogP contribution in [0.25, 0.3) is 0 Å². The molecular weight excluding hydrogens is 394 g/mol. The predicted octanol–water partition coefficient (Wildman–Crippen LogP) is 2.05. The number of anilines is 1. The zero-order valence-electron chi connectivity index (χ0n) is 18.3. The van der Waals surface area contributed by atoms with Gasteiger partial charge in [-0.3, -0.25) is 14.4 Å². The first-order valence-electron chi connectivity index (χ1n) is 11.6. The molecule has 0 bridgehead atoms. The van der Waals surface area contributed by atoms with Crippen molar-refractivity contribution in [3.05, 3.63) is 23.4 Å². The molecule has 3 N–H and O–H groups in total. The third-order valence-electron chi connectivity index (χ3n) is 7.04. The smallest absolute Gasteiger partial charge is 0.255 e. The molecular formula is C23H33N5O3. The van der Waals surface area contributed by atoms with E-state index in [0.29, 0.717) is 31.6 Å². The highest BCUT2D eigenvalue weighted by Gasteiger charge is 2.34. The lowest BCUT2D eigenvalue weighted by Crippen LogP contribution is -2.49. The van der Waals surface area contributed by atoms with Crippen molar-refractivity contribution >= 4 is 23.5 Å². The Balaban J connectivity index is 1.33. The number of rotatable bonds is 5. The number of nitrogens with two attached hydrogens (primary N) is 1. The Labute approximate surface area is 183 Å². The van der Waals surface area contributed by atoms with Crippen molar-refractivity contribution in [1.29, 1.82) is 0 Å². The van der Waals surface area contributed by atoms with E-state index >= 15 is 0 Å². The van der Waals surface area contributed by atoms with Crippen LogP contribution in [0.3, 0.4) is 0 Å². The van der Waals surface area contributed by atoms with Gasteiger partial charge in [-0.1, -0.05) is 12.8 Å². The highest BCUT2D eigenvalue weighted by Crippen LogP contribution is 2.29. The lowest BCUT2D eigenvalue weighted by molar-refractivity contribution is -0.143. The summed E-state index contributed by atoms with van der Waals surface area (Å²) in [7, 11) is 0. The number of carbonyl (C=O) groups is 3. The van der Waals surface area contributed by atoms with E-state index in [4.69, 9.17) is 5.73 Å². The van der Waals surface area contributed by atoms with Gasteiger partial charge in [0.1, 0.15) is 11.9 Å². The van der Waals surface area contributed by atoms with E-state index in [1.54, 1.807) is 11.0 Å². The number of hydrogen-bond donors (Lipinski definition) is 2. The Morgan fingerprint density at radius 3 is 2.42 bits per heavy atom. The third-order valence-corrected chi connectivity index (χ3v) is 7.04. The Morgan fingerprint density at radius 1 is 1.10 bits per heavy atom. The second-order valence-electron chi connectivity index (χ2n) is 9.09. The first-order valence-corrected chi connectivity index (χ1v) is 11.6. The van der Waals surface area contributed by atoms with E-state index < -0.39 is 6.04 Å². The summed E-state index contributed by atoms with van der Waals surface area (Å²) in [6.07, 6.45) is 7.34. The van der Waals surface area contributed by atoms with Crippen LogP contribution in [0.5, 0.6) is 0 Å². The van der Waals surface area contributed by atoms with Crippen molar-refractivity contribution in [1.82, 2.24) is 20.1 Å². The molecule has 0 unspecified atom stereocenters. The van der Waals surface area contributed by atoms with Gasteiger partial charge >= 0.3 is 0 Å². The summed E-state index contributed by atoms with van der Waals surface area (Å²) in [6.45, 7) is 3.78. The number of nitrogens with one attached hydrogen (secondary N) is 1. The molecule has 0 spiro atoms. The molecule has 0 aromatic carbocycles. The van der Waals surface area contributed by atoms with Crippen LogP contribution in [0.2, 0.25) is 0 Å². The Morgan fingerprint density at radius 2 is 1.81 bits per heavy atom. The number of pyridine rings is 1. The minimum absolute atomic E-state index is 0.0279. The molecule has 1 saturated carbocycles. The molecule has 31 heavy (non-hydrogen) atoms. The van der Waals surface area contributed by atoms with Crippen molar-refractivity contribution < 1.29 is 14.4 Å². The maximum absolute atomic E-state index is 12.8. The van der Waals surface area contributed by atoms with E-state index in [0.717, 1.165) is 50.6 Å². The monoisotopic (exact) mass is 427 g/mol. The molecule has 3 amide bonds. The van der Waals surface area contributed by atoms with Gasteiger partial charge in [-0.25, -0.2) is 4.98 Å². The van der Waals surface area contributed by atoms with Crippen molar-refractivity contribution in [2.75, 3.05) is 25.4 Å². The molecule has 8 nitrogen and oxygen atoms in total. The van der Waals surface area contributed by atoms with Crippen LogP contribution in [0, 0.1) is 0 Å². The summed E-state index contributed by atoms with van der Waals surface area (Å²) in [5, 5.41) is 3.06. The van der Waals surface area contributed by atoms with Crippen molar-refractivity contribution in [3.63, 3.8) is 0 Å². The molecule has 1 aliphatic carbocycles. The summed E-state index contributed by atoms with van der Waals surface area (Å²) in [6, 6.07) is 3.53. The maximum Gasteiger partial charge on any atom is 0.255 e. The predicted molar refractivity (Wildman–Crippen MR) is 117 cm³/mol. The zero-order chi connectivity index (χ0) is 22.0. The fourth-order valence-corrected chi connectivity index (χ4v) is 5.12. The van der Waals surface area contributed by atoms with E-state index in [2.05, 4.69) is 10.3 Å². The molecule has 2 aliphatic heterocycles. The van der Waals surface area contributed by atoms with E-state index in [1.165, 1.54) is 0 Å². The topological polar surface area (TPSA) is 109 Å². The standard InChI is InChI=1S/C23H33N5O3/c1-15(28-12-4-7-20(28)29)23(31)27-13-10-16(11-14-27)19-9-8-18(21(24)26-19)22(30)25-17-5-2-3-6-17/h8-9,15-17H,2-7,10-14H2,1H3,(H2,24,26)(H,25,30)/t15-/m1/s1. The average Bonchev–Trinajstić information content (AvgIpc) is 3.44. The van der Waals surface area contributed by atoms with Gasteiger partial charge in [-0.05, 0) is 51.2 Å². The molecule has 2 saturated heterocycles. The summed E-state index contributed by atoms with van der Waals surface area (Å²) in [5.41, 5.74) is 7.44. The van der Waals surface area contributed by atoms with Crippen molar-refractivity contribution in [2.45, 2.75) is 76.3 Å². The molecule has 168 valence electrons. The van der Waals surface area contributed by atoms with Crippen molar-refractivity contribution in [2.24, 2.45) is 0 Å². The first kappa shape index (κ1) is 21.6. The highest BCUT2D eigenvalue weighted by molar-refractivity contribution is 5.98. The SMILES string of the molecule is C[C@H](C(=O)N1CCC(c2ccc(C(=O)NC3CCCC3)c(N)n2)CC1)N1CCCC1=O. The number of nitrogen functional groups attached to an aromatic ring is 1. The molecule has 0 radical (unpaired) electrons. The average molecular weight is 428 g/mol. The molecule has 1 atom stereocenters. The van der Waals surface area contributed by atoms with E-state index in [-0.39, 0.29) is 35.5 Å². The molecule has 4 rings (SSSR count). The Hall–Kier alpha value is -2.64. The van der Waals surface area contributed by atoms with Gasteiger partial charge in [0.05, 0.1) is 5.56 Å². The maximum atomic E-state index is 12.8. The van der Waals surface area contributed by atoms with Gasteiger partial charge in [0.15, 0.2) is 0 Å². The largest absolute Gasteiger partial charge is 0.383 e. The van der Waals surface area contributed by atoms with E-state index in [1.807, 2.05) is 17.9 Å². The number of hydrogen-bond acceptors (Lipinski definition) is 5. The number of likely N-dealkylation sites (tertiary alicyclic amines) is 2. The number of amides is 3. The van der Waals surface area contributed by atoms with Crippen LogP contribution in [0.1, 0.15) is 80.3 Å². The second kappa shape index (κ2) is 9.24. The van der Waals surface area contributed by atoms with Gasteiger partial charge in [0.2, 0.25) is 11.8 Å². The Kier molecular flexibility index (Phi) is 6.43. The number of aromatic nitrogens is 1. The van der Waals surface area contributed by atoms with Crippen LogP contribution in [0.15, 0.2) is 12.1 Å². The summed E-state index contributed by atoms with van der Waals surface area (Å²) in [4.78, 5) is 45.4. The lowest BCUT2D eigenvalue weighted by atomic mass is 9.92. The molecule has 3 heterocycles.